The fourth-order valence-corrected chi connectivity index (χ4v) is 4.71. The minimum absolute atomic E-state index is 0. The van der Waals surface area contributed by atoms with E-state index < -0.39 is 5.91 Å². The quantitative estimate of drug-likeness (QED) is 0.805. The first kappa shape index (κ1) is 19.7. The van der Waals surface area contributed by atoms with E-state index in [1.165, 1.54) is 5.56 Å². The summed E-state index contributed by atoms with van der Waals surface area (Å²) in [7, 11) is 0. The summed E-state index contributed by atoms with van der Waals surface area (Å²) < 4.78 is 5.93. The number of benzene rings is 2. The lowest BCUT2D eigenvalue weighted by atomic mass is 9.86. The van der Waals surface area contributed by atoms with E-state index in [2.05, 4.69) is 22.3 Å². The predicted molar refractivity (Wildman–Crippen MR) is 113 cm³/mol. The molecule has 29 heavy (non-hydrogen) atoms. The summed E-state index contributed by atoms with van der Waals surface area (Å²) in [5.74, 6) is 1.38. The lowest BCUT2D eigenvalue weighted by Gasteiger charge is -2.28. The van der Waals surface area contributed by atoms with Gasteiger partial charge in [-0.2, -0.15) is 0 Å². The molecule has 3 heterocycles. The highest BCUT2D eigenvalue weighted by atomic mass is 35.5. The Kier molecular flexibility index (Phi) is 5.23. The Morgan fingerprint density at radius 1 is 1.21 bits per heavy atom. The SMILES string of the molecule is Cl.NC(=O)c1ccc2c(c1)[C@H]1CN(CCc3ccc4c(c3)CC(=O)N4)C[C@@H]1CO2. The van der Waals surface area contributed by atoms with E-state index in [4.69, 9.17) is 10.5 Å². The zero-order valence-corrected chi connectivity index (χ0v) is 16.8. The van der Waals surface area contributed by atoms with Crippen molar-refractivity contribution < 1.29 is 14.3 Å². The van der Waals surface area contributed by atoms with Gasteiger partial charge in [-0.3, -0.25) is 9.59 Å². The van der Waals surface area contributed by atoms with Crippen LogP contribution in [0.5, 0.6) is 5.75 Å². The molecule has 3 aliphatic rings. The predicted octanol–water partition coefficient (Wildman–Crippen LogP) is 2.35. The first-order chi connectivity index (χ1) is 13.6. The van der Waals surface area contributed by atoms with E-state index in [-0.39, 0.29) is 18.3 Å². The summed E-state index contributed by atoms with van der Waals surface area (Å²) in [6.45, 7) is 3.65. The number of amides is 2. The highest BCUT2D eigenvalue weighted by Crippen LogP contribution is 2.42. The highest BCUT2D eigenvalue weighted by Gasteiger charge is 2.38. The third-order valence-corrected chi connectivity index (χ3v) is 6.17. The number of primary amides is 1. The molecule has 0 radical (unpaired) electrons. The van der Waals surface area contributed by atoms with Crippen molar-refractivity contribution in [1.29, 1.82) is 0 Å². The number of nitrogens with one attached hydrogen (secondary N) is 1. The van der Waals surface area contributed by atoms with Crippen molar-refractivity contribution in [1.82, 2.24) is 4.90 Å². The molecule has 0 bridgehead atoms. The van der Waals surface area contributed by atoms with Gasteiger partial charge >= 0.3 is 0 Å². The van der Waals surface area contributed by atoms with Crippen molar-refractivity contribution in [2.75, 3.05) is 31.6 Å². The van der Waals surface area contributed by atoms with Gasteiger partial charge in [-0.1, -0.05) is 12.1 Å². The molecule has 0 aromatic heterocycles. The van der Waals surface area contributed by atoms with Crippen LogP contribution < -0.4 is 15.8 Å². The third-order valence-electron chi connectivity index (χ3n) is 6.17. The second kappa shape index (κ2) is 7.69. The number of fused-ring (bicyclic) bond motifs is 4. The first-order valence-electron chi connectivity index (χ1n) is 9.77. The molecule has 2 atom stereocenters. The number of anilines is 1. The van der Waals surface area contributed by atoms with Gasteiger partial charge in [0, 0.05) is 42.7 Å². The van der Waals surface area contributed by atoms with E-state index >= 15 is 0 Å². The van der Waals surface area contributed by atoms with Crippen LogP contribution in [-0.4, -0.2) is 43.0 Å². The Balaban J connectivity index is 0.00000205. The number of hydrogen-bond donors (Lipinski definition) is 2. The molecule has 2 aromatic rings. The highest BCUT2D eigenvalue weighted by molar-refractivity contribution is 5.99. The average molecular weight is 414 g/mol. The minimum Gasteiger partial charge on any atom is -0.493 e. The van der Waals surface area contributed by atoms with Crippen molar-refractivity contribution in [2.45, 2.75) is 18.8 Å². The molecule has 5 rings (SSSR count). The summed E-state index contributed by atoms with van der Waals surface area (Å²) >= 11 is 0. The maximum Gasteiger partial charge on any atom is 0.248 e. The van der Waals surface area contributed by atoms with Crippen molar-refractivity contribution in [2.24, 2.45) is 11.7 Å². The number of rotatable bonds is 4. The Morgan fingerprint density at radius 3 is 2.90 bits per heavy atom. The number of ether oxygens (including phenoxy) is 1. The molecule has 0 unspecified atom stereocenters. The molecule has 0 aliphatic carbocycles. The standard InChI is InChI=1S/C22H23N3O3.ClH/c23-22(27)14-2-4-20-17(8-14)18-11-25(10-16(18)12-28-20)6-5-13-1-3-19-15(7-13)9-21(26)24-19;/h1-4,7-8,16,18H,5-6,9-12H2,(H2,23,27)(H,24,26);1H/t16-,18+;/m1./s1. The second-order valence-corrected chi connectivity index (χ2v) is 8.02. The fraction of sp³-hybridized carbons (Fsp3) is 0.364. The number of carbonyl (C=O) groups excluding carboxylic acids is 2. The monoisotopic (exact) mass is 413 g/mol. The van der Waals surface area contributed by atoms with Crippen molar-refractivity contribution >= 4 is 29.9 Å². The molecule has 7 heteroatoms. The number of carbonyl (C=O) groups is 2. The topological polar surface area (TPSA) is 84.7 Å². The Morgan fingerprint density at radius 2 is 2.07 bits per heavy atom. The lowest BCUT2D eigenvalue weighted by molar-refractivity contribution is -0.115. The molecule has 2 amide bonds. The molecule has 3 aliphatic heterocycles. The molecule has 6 nitrogen and oxygen atoms in total. The van der Waals surface area contributed by atoms with Gasteiger partial charge in [-0.05, 0) is 47.4 Å². The van der Waals surface area contributed by atoms with Crippen molar-refractivity contribution in [3.63, 3.8) is 0 Å². The largest absolute Gasteiger partial charge is 0.493 e. The van der Waals surface area contributed by atoms with Gasteiger partial charge in [0.05, 0.1) is 13.0 Å². The van der Waals surface area contributed by atoms with Gasteiger partial charge in [0.2, 0.25) is 11.8 Å². The van der Waals surface area contributed by atoms with Gasteiger partial charge in [-0.15, -0.1) is 12.4 Å². The van der Waals surface area contributed by atoms with Crippen LogP contribution in [0.2, 0.25) is 0 Å². The summed E-state index contributed by atoms with van der Waals surface area (Å²) in [4.78, 5) is 25.6. The number of nitrogens with zero attached hydrogens (tertiary/aromatic N) is 1. The van der Waals surface area contributed by atoms with Crippen LogP contribution >= 0.6 is 12.4 Å². The summed E-state index contributed by atoms with van der Waals surface area (Å²) in [6.07, 6.45) is 1.43. The normalized spacial score (nSPS) is 22.0. The van der Waals surface area contributed by atoms with Gasteiger partial charge in [0.25, 0.3) is 0 Å². The van der Waals surface area contributed by atoms with Crippen molar-refractivity contribution in [3.8, 4) is 5.75 Å². The van der Waals surface area contributed by atoms with Crippen LogP contribution in [0.15, 0.2) is 36.4 Å². The average Bonchev–Trinajstić information content (AvgIpc) is 3.27. The number of nitrogens with two attached hydrogens (primary N) is 1. The zero-order valence-electron chi connectivity index (χ0n) is 16.0. The number of halogens is 1. The zero-order chi connectivity index (χ0) is 19.3. The van der Waals surface area contributed by atoms with E-state index in [9.17, 15) is 9.59 Å². The number of likely N-dealkylation sites (tertiary alicyclic amines) is 1. The molecular formula is C22H24ClN3O3. The molecule has 0 spiro atoms. The Labute approximate surface area is 175 Å². The van der Waals surface area contributed by atoms with Crippen LogP contribution in [0.1, 0.15) is 33.0 Å². The van der Waals surface area contributed by atoms with Crippen LogP contribution in [0.4, 0.5) is 5.69 Å². The molecule has 3 N–H and O–H groups in total. The molecule has 0 saturated carbocycles. The van der Waals surface area contributed by atoms with Crippen molar-refractivity contribution in [3.05, 3.63) is 58.7 Å². The van der Waals surface area contributed by atoms with E-state index in [1.54, 1.807) is 6.07 Å². The second-order valence-electron chi connectivity index (χ2n) is 8.02. The van der Waals surface area contributed by atoms with Gasteiger partial charge in [-0.25, -0.2) is 0 Å². The van der Waals surface area contributed by atoms with Crippen LogP contribution in [0, 0.1) is 5.92 Å². The third kappa shape index (κ3) is 3.70. The maximum absolute atomic E-state index is 11.5. The van der Waals surface area contributed by atoms with Crippen LogP contribution in [0.3, 0.4) is 0 Å². The lowest BCUT2D eigenvalue weighted by Crippen LogP contribution is -2.26. The first-order valence-corrected chi connectivity index (χ1v) is 9.77. The van der Waals surface area contributed by atoms with E-state index in [0.717, 1.165) is 55.2 Å². The Hall–Kier alpha value is -2.57. The van der Waals surface area contributed by atoms with E-state index in [0.29, 0.717) is 23.8 Å². The summed E-state index contributed by atoms with van der Waals surface area (Å²) in [6, 6.07) is 11.8. The molecule has 2 aromatic carbocycles. The molecule has 1 saturated heterocycles. The molecule has 1 fully saturated rings. The van der Waals surface area contributed by atoms with Gasteiger partial charge in [0.15, 0.2) is 0 Å². The minimum atomic E-state index is -0.399. The number of hydrogen-bond acceptors (Lipinski definition) is 4. The van der Waals surface area contributed by atoms with Crippen LogP contribution in [-0.2, 0) is 17.6 Å². The molecular weight excluding hydrogens is 390 g/mol. The van der Waals surface area contributed by atoms with Crippen LogP contribution in [0.25, 0.3) is 0 Å². The Bertz CT molecular complexity index is 978. The maximum atomic E-state index is 11.5. The van der Waals surface area contributed by atoms with Gasteiger partial charge in [0.1, 0.15) is 5.75 Å². The fourth-order valence-electron chi connectivity index (χ4n) is 4.71. The smallest absolute Gasteiger partial charge is 0.248 e. The summed E-state index contributed by atoms with van der Waals surface area (Å²) in [5, 5.41) is 2.88. The summed E-state index contributed by atoms with van der Waals surface area (Å²) in [5.41, 5.74) is 10.4. The molecule has 152 valence electrons. The van der Waals surface area contributed by atoms with Gasteiger partial charge < -0.3 is 20.7 Å². The van der Waals surface area contributed by atoms with E-state index in [1.807, 2.05) is 18.2 Å².